The molecule has 0 spiro atoms. The molecular formula is C26H36N2O3. The third-order valence-corrected chi connectivity index (χ3v) is 8.76. The Hall–Kier alpha value is -1.85. The molecule has 2 aliphatic heterocycles. The number of benzene rings is 1. The van der Waals surface area contributed by atoms with Gasteiger partial charge in [-0.1, -0.05) is 37.6 Å². The fraction of sp³-hybridized carbons (Fsp3) is 0.654. The number of piperazine rings is 1. The van der Waals surface area contributed by atoms with Crippen molar-refractivity contribution in [2.75, 3.05) is 37.6 Å². The molecule has 2 heterocycles. The van der Waals surface area contributed by atoms with Crippen molar-refractivity contribution in [3.8, 4) is 0 Å². The lowest BCUT2D eigenvalue weighted by Crippen LogP contribution is -2.55. The van der Waals surface area contributed by atoms with Crippen LogP contribution in [0.2, 0.25) is 0 Å². The molecule has 31 heavy (non-hydrogen) atoms. The van der Waals surface area contributed by atoms with Gasteiger partial charge in [-0.2, -0.15) is 0 Å². The zero-order valence-electron chi connectivity index (χ0n) is 19.1. The van der Waals surface area contributed by atoms with Gasteiger partial charge in [-0.15, -0.1) is 0 Å². The Bertz CT molecular complexity index is 875. The summed E-state index contributed by atoms with van der Waals surface area (Å²) in [7, 11) is 0. The van der Waals surface area contributed by atoms with Gasteiger partial charge in [0.1, 0.15) is 6.10 Å². The number of aliphatic hydroxyl groups is 1. The number of rotatable bonds is 3. The number of aliphatic hydroxyl groups excluding tert-OH is 1. The Morgan fingerprint density at radius 2 is 2.00 bits per heavy atom. The van der Waals surface area contributed by atoms with E-state index in [9.17, 15) is 9.90 Å². The Morgan fingerprint density at radius 1 is 1.23 bits per heavy atom. The number of fused-ring (bicyclic) bond motifs is 2. The molecule has 0 unspecified atom stereocenters. The van der Waals surface area contributed by atoms with Gasteiger partial charge in [0.2, 0.25) is 0 Å². The Labute approximate surface area is 186 Å². The van der Waals surface area contributed by atoms with Gasteiger partial charge in [-0.25, -0.2) is 0 Å². The van der Waals surface area contributed by atoms with Crippen molar-refractivity contribution in [2.45, 2.75) is 52.2 Å². The van der Waals surface area contributed by atoms with Gasteiger partial charge in [0.15, 0.2) is 0 Å². The van der Waals surface area contributed by atoms with Crippen LogP contribution in [0, 0.1) is 30.1 Å². The minimum atomic E-state index is -0.516. The van der Waals surface area contributed by atoms with E-state index in [1.807, 2.05) is 0 Å². The zero-order chi connectivity index (χ0) is 21.8. The van der Waals surface area contributed by atoms with Crippen LogP contribution in [-0.2, 0) is 9.53 Å². The number of nitrogens with zero attached hydrogens (tertiary/aromatic N) is 2. The summed E-state index contributed by atoms with van der Waals surface area (Å²) in [6.07, 6.45) is 4.59. The summed E-state index contributed by atoms with van der Waals surface area (Å²) in [6.45, 7) is 11.1. The standard InChI is InChI=1S/C26H36N2O3/c1-17-6-4-9-20(14-17)28-12-10-27(11-13-28)16-21-23-22(31-25(21)30)15-19-8-5-7-18(2)26(19,3)24(23)29/h4,6,8-9,14,18,21-24,29H,5,7,10-13,15-16H2,1-3H3/t18-,21-,22-,23-,24-,26-/m1/s1. The van der Waals surface area contributed by atoms with Crippen LogP contribution in [0.25, 0.3) is 0 Å². The average Bonchev–Trinajstić information content (AvgIpc) is 3.06. The largest absolute Gasteiger partial charge is 0.461 e. The third kappa shape index (κ3) is 3.50. The number of anilines is 1. The lowest BCUT2D eigenvalue weighted by molar-refractivity contribution is -0.145. The van der Waals surface area contributed by atoms with E-state index in [1.54, 1.807) is 0 Å². The highest BCUT2D eigenvalue weighted by Crippen LogP contribution is 2.56. The first-order chi connectivity index (χ1) is 14.9. The van der Waals surface area contributed by atoms with Crippen molar-refractivity contribution >= 4 is 11.7 Å². The fourth-order valence-electron chi connectivity index (χ4n) is 6.57. The highest BCUT2D eigenvalue weighted by Gasteiger charge is 2.59. The maximum atomic E-state index is 12.9. The van der Waals surface area contributed by atoms with Crippen LogP contribution in [0.4, 0.5) is 5.69 Å². The molecular weight excluding hydrogens is 388 g/mol. The van der Waals surface area contributed by atoms with Gasteiger partial charge < -0.3 is 14.7 Å². The molecule has 1 aromatic carbocycles. The molecule has 0 radical (unpaired) electrons. The quantitative estimate of drug-likeness (QED) is 0.595. The lowest BCUT2D eigenvalue weighted by Gasteiger charge is -2.52. The van der Waals surface area contributed by atoms with E-state index in [4.69, 9.17) is 4.74 Å². The van der Waals surface area contributed by atoms with Crippen molar-refractivity contribution in [3.63, 3.8) is 0 Å². The second-order valence-corrected chi connectivity index (χ2v) is 10.4. The van der Waals surface area contributed by atoms with E-state index >= 15 is 0 Å². The number of hydrogen-bond donors (Lipinski definition) is 1. The maximum absolute atomic E-state index is 12.9. The van der Waals surface area contributed by atoms with Crippen LogP contribution in [0.5, 0.6) is 0 Å². The molecule has 0 amide bonds. The van der Waals surface area contributed by atoms with Crippen LogP contribution in [-0.4, -0.2) is 60.9 Å². The minimum absolute atomic E-state index is 0.0926. The Kier molecular flexibility index (Phi) is 5.38. The number of carbonyl (C=O) groups excluding carboxylic acids is 1. The van der Waals surface area contributed by atoms with Gasteiger partial charge >= 0.3 is 5.97 Å². The molecule has 1 saturated carbocycles. The smallest absolute Gasteiger partial charge is 0.311 e. The molecule has 0 aromatic heterocycles. The Morgan fingerprint density at radius 3 is 2.74 bits per heavy atom. The van der Waals surface area contributed by atoms with Gasteiger partial charge in [0, 0.05) is 56.2 Å². The van der Waals surface area contributed by atoms with Crippen molar-refractivity contribution < 1.29 is 14.6 Å². The van der Waals surface area contributed by atoms with Gasteiger partial charge in [0.25, 0.3) is 0 Å². The first-order valence-electron chi connectivity index (χ1n) is 12.0. The number of allylic oxidation sites excluding steroid dienone is 1. The summed E-state index contributed by atoms with van der Waals surface area (Å²) >= 11 is 0. The zero-order valence-corrected chi connectivity index (χ0v) is 19.1. The van der Waals surface area contributed by atoms with Crippen LogP contribution >= 0.6 is 0 Å². The number of hydrogen-bond acceptors (Lipinski definition) is 5. The molecule has 1 N–H and O–H groups in total. The molecule has 6 atom stereocenters. The molecule has 168 valence electrons. The first-order valence-corrected chi connectivity index (χ1v) is 12.0. The molecule has 5 nitrogen and oxygen atoms in total. The number of carbonyl (C=O) groups is 1. The molecule has 4 aliphatic rings. The number of esters is 1. The highest BCUT2D eigenvalue weighted by atomic mass is 16.6. The Balaban J connectivity index is 1.28. The normalized spacial score (nSPS) is 38.3. The lowest BCUT2D eigenvalue weighted by atomic mass is 9.55. The van der Waals surface area contributed by atoms with Crippen molar-refractivity contribution in [3.05, 3.63) is 41.5 Å². The fourth-order valence-corrected chi connectivity index (χ4v) is 6.57. The van der Waals surface area contributed by atoms with E-state index in [2.05, 4.69) is 60.9 Å². The summed E-state index contributed by atoms with van der Waals surface area (Å²) in [5.74, 6) is 0.00589. The monoisotopic (exact) mass is 424 g/mol. The first kappa shape index (κ1) is 21.0. The van der Waals surface area contributed by atoms with E-state index in [0.29, 0.717) is 12.5 Å². The van der Waals surface area contributed by atoms with Crippen molar-refractivity contribution in [2.24, 2.45) is 23.2 Å². The summed E-state index contributed by atoms with van der Waals surface area (Å²) in [5, 5.41) is 11.5. The van der Waals surface area contributed by atoms with Gasteiger partial charge in [-0.05, 0) is 43.4 Å². The van der Waals surface area contributed by atoms with Crippen molar-refractivity contribution in [1.82, 2.24) is 4.90 Å². The van der Waals surface area contributed by atoms with Crippen LogP contribution in [0.3, 0.4) is 0 Å². The minimum Gasteiger partial charge on any atom is -0.461 e. The summed E-state index contributed by atoms with van der Waals surface area (Å²) in [6, 6.07) is 8.67. The summed E-state index contributed by atoms with van der Waals surface area (Å²) in [5.41, 5.74) is 3.64. The van der Waals surface area contributed by atoms with E-state index in [-0.39, 0.29) is 29.3 Å². The average molecular weight is 425 g/mol. The van der Waals surface area contributed by atoms with Crippen LogP contribution < -0.4 is 4.90 Å². The third-order valence-electron chi connectivity index (χ3n) is 8.76. The molecule has 1 aromatic rings. The molecule has 5 rings (SSSR count). The predicted octanol–water partition coefficient (Wildman–Crippen LogP) is 3.40. The van der Waals surface area contributed by atoms with Crippen LogP contribution in [0.15, 0.2) is 35.9 Å². The second kappa shape index (κ2) is 7.93. The molecule has 5 heteroatoms. The van der Waals surface area contributed by atoms with E-state index in [1.165, 1.54) is 16.8 Å². The number of aryl methyl sites for hydroxylation is 1. The second-order valence-electron chi connectivity index (χ2n) is 10.4. The van der Waals surface area contributed by atoms with Gasteiger partial charge in [-0.3, -0.25) is 9.69 Å². The van der Waals surface area contributed by atoms with E-state index in [0.717, 1.165) is 45.4 Å². The predicted molar refractivity (Wildman–Crippen MR) is 122 cm³/mol. The molecule has 0 bridgehead atoms. The van der Waals surface area contributed by atoms with E-state index < -0.39 is 6.10 Å². The van der Waals surface area contributed by atoms with Crippen LogP contribution in [0.1, 0.15) is 38.7 Å². The summed E-state index contributed by atoms with van der Waals surface area (Å²) in [4.78, 5) is 17.7. The highest BCUT2D eigenvalue weighted by molar-refractivity contribution is 5.76. The SMILES string of the molecule is Cc1cccc(N2CCN(C[C@H]3C(=O)O[C@@H]4CC5=CCC[C@@H](C)[C@@]5(C)[C@H](O)[C@@H]43)CC2)c1. The number of ether oxygens (including phenoxy) is 1. The molecule has 2 saturated heterocycles. The van der Waals surface area contributed by atoms with Gasteiger partial charge in [0.05, 0.1) is 12.0 Å². The topological polar surface area (TPSA) is 53.0 Å². The van der Waals surface area contributed by atoms with Crippen molar-refractivity contribution in [1.29, 1.82) is 0 Å². The molecule has 2 aliphatic carbocycles. The summed E-state index contributed by atoms with van der Waals surface area (Å²) < 4.78 is 5.85. The molecule has 3 fully saturated rings. The maximum Gasteiger partial charge on any atom is 0.311 e.